The van der Waals surface area contributed by atoms with Crippen LogP contribution >= 0.6 is 0 Å². The number of carbonyl (C=O) groups excluding carboxylic acids is 1. The molecule has 2 aliphatic heterocycles. The van der Waals surface area contributed by atoms with E-state index in [2.05, 4.69) is 21.2 Å². The SMILES string of the molecule is C#C[C@@H](Nc1ncnc2c1cc(C1=CC3CCC(C1)N3C(C)=O)c(=O)n2C)c1cccc(C(F)F)c1F. The van der Waals surface area contributed by atoms with Crippen molar-refractivity contribution >= 4 is 28.3 Å². The first-order chi connectivity index (χ1) is 17.7. The molecule has 2 unspecified atom stereocenters. The van der Waals surface area contributed by atoms with Crippen LogP contribution in [-0.2, 0) is 11.8 Å². The number of aromatic nitrogens is 3. The van der Waals surface area contributed by atoms with E-state index in [0.717, 1.165) is 24.5 Å². The number of pyridine rings is 1. The predicted octanol–water partition coefficient (Wildman–Crippen LogP) is 4.36. The molecule has 37 heavy (non-hydrogen) atoms. The first-order valence-corrected chi connectivity index (χ1v) is 11.8. The van der Waals surface area contributed by atoms with Crippen molar-refractivity contribution < 1.29 is 18.0 Å². The van der Waals surface area contributed by atoms with Crippen LogP contribution in [0.3, 0.4) is 0 Å². The number of hydrogen-bond donors (Lipinski definition) is 1. The van der Waals surface area contributed by atoms with Crippen molar-refractivity contribution in [3.63, 3.8) is 0 Å². The maximum atomic E-state index is 14.8. The summed E-state index contributed by atoms with van der Waals surface area (Å²) in [6.07, 6.45) is 8.13. The number of nitrogens with one attached hydrogen (secondary N) is 1. The number of hydrogen-bond acceptors (Lipinski definition) is 5. The van der Waals surface area contributed by atoms with E-state index in [1.54, 1.807) is 20.0 Å². The molecular weight excluding hydrogens is 483 g/mol. The molecule has 3 atom stereocenters. The van der Waals surface area contributed by atoms with Gasteiger partial charge in [0.1, 0.15) is 29.7 Å². The van der Waals surface area contributed by atoms with Gasteiger partial charge in [0.05, 0.1) is 17.0 Å². The van der Waals surface area contributed by atoms with Crippen molar-refractivity contribution in [2.45, 2.75) is 50.7 Å². The van der Waals surface area contributed by atoms with Crippen LogP contribution in [0.5, 0.6) is 0 Å². The van der Waals surface area contributed by atoms with Gasteiger partial charge in [-0.3, -0.25) is 14.2 Å². The summed E-state index contributed by atoms with van der Waals surface area (Å²) in [4.78, 5) is 35.8. The van der Waals surface area contributed by atoms with Gasteiger partial charge in [0.25, 0.3) is 12.0 Å². The quantitative estimate of drug-likeness (QED) is 0.520. The summed E-state index contributed by atoms with van der Waals surface area (Å²) in [5.74, 6) is 1.56. The standard InChI is InChI=1S/C27H24F3N5O2/c1-4-22(18-6-5-7-19(23(18)28)24(29)30)33-25-21-12-20(27(37)34(3)26(21)32-13-31-25)15-10-16-8-9-17(11-15)35(16)14(2)36/h1,5-7,10,12-13,16-17,22,24H,8-9,11H2,2-3H3,(H,31,32,33)/t16?,17?,22-/m1/s1. The van der Waals surface area contributed by atoms with Gasteiger partial charge in [-0.1, -0.05) is 30.2 Å². The average Bonchev–Trinajstić information content (AvgIpc) is 3.15. The van der Waals surface area contributed by atoms with Gasteiger partial charge in [0, 0.05) is 31.1 Å². The number of alkyl halides is 2. The summed E-state index contributed by atoms with van der Waals surface area (Å²) in [6.45, 7) is 1.55. The molecule has 7 nitrogen and oxygen atoms in total. The third-order valence-electron chi connectivity index (χ3n) is 7.16. The fourth-order valence-corrected chi connectivity index (χ4v) is 5.44. The molecule has 4 heterocycles. The summed E-state index contributed by atoms with van der Waals surface area (Å²) < 4.78 is 42.7. The van der Waals surface area contributed by atoms with Gasteiger partial charge < -0.3 is 10.2 Å². The van der Waals surface area contributed by atoms with Crippen molar-refractivity contribution in [3.8, 4) is 12.3 Å². The highest BCUT2D eigenvalue weighted by molar-refractivity contribution is 5.90. The lowest BCUT2D eigenvalue weighted by Crippen LogP contribution is -2.42. The van der Waals surface area contributed by atoms with Crippen molar-refractivity contribution in [3.05, 3.63) is 69.5 Å². The Morgan fingerprint density at radius 1 is 1.24 bits per heavy atom. The Labute approximate surface area is 211 Å². The maximum Gasteiger partial charge on any atom is 0.266 e. The van der Waals surface area contributed by atoms with E-state index in [4.69, 9.17) is 6.42 Å². The number of amides is 1. The maximum absolute atomic E-state index is 14.8. The van der Waals surface area contributed by atoms with Gasteiger partial charge >= 0.3 is 0 Å². The molecule has 2 aromatic heterocycles. The van der Waals surface area contributed by atoms with E-state index in [-0.39, 0.29) is 34.9 Å². The van der Waals surface area contributed by atoms with Gasteiger partial charge in [-0.2, -0.15) is 0 Å². The second-order valence-electron chi connectivity index (χ2n) is 9.30. The lowest BCUT2D eigenvalue weighted by Gasteiger charge is -2.33. The van der Waals surface area contributed by atoms with Gasteiger partial charge in [-0.15, -0.1) is 6.42 Å². The Hall–Kier alpha value is -4.13. The van der Waals surface area contributed by atoms with Crippen LogP contribution in [0.1, 0.15) is 55.3 Å². The molecule has 190 valence electrons. The number of carbonyl (C=O) groups is 1. The molecule has 1 aromatic carbocycles. The molecule has 0 aliphatic carbocycles. The minimum atomic E-state index is -2.99. The van der Waals surface area contributed by atoms with Crippen LogP contribution in [0.15, 0.2) is 41.5 Å². The largest absolute Gasteiger partial charge is 0.352 e. The van der Waals surface area contributed by atoms with E-state index in [1.807, 2.05) is 11.0 Å². The minimum Gasteiger partial charge on any atom is -0.352 e. The fourth-order valence-electron chi connectivity index (χ4n) is 5.44. The van der Waals surface area contributed by atoms with E-state index in [0.29, 0.717) is 23.0 Å². The molecule has 1 N–H and O–H groups in total. The third-order valence-corrected chi connectivity index (χ3v) is 7.16. The molecule has 0 spiro atoms. The first-order valence-electron chi connectivity index (χ1n) is 11.8. The molecule has 0 radical (unpaired) electrons. The van der Waals surface area contributed by atoms with Crippen molar-refractivity contribution in [2.24, 2.45) is 7.05 Å². The molecule has 3 aromatic rings. The summed E-state index contributed by atoms with van der Waals surface area (Å²) in [5, 5.41) is 3.43. The molecule has 1 amide bonds. The van der Waals surface area contributed by atoms with Crippen LogP contribution in [0.25, 0.3) is 16.6 Å². The highest BCUT2D eigenvalue weighted by Gasteiger charge is 2.38. The summed E-state index contributed by atoms with van der Waals surface area (Å²) >= 11 is 0. The number of aryl methyl sites for hydroxylation is 1. The average molecular weight is 508 g/mol. The number of anilines is 1. The number of benzene rings is 1. The lowest BCUT2D eigenvalue weighted by atomic mass is 9.94. The Kier molecular flexibility index (Phi) is 6.23. The number of nitrogens with zero attached hydrogens (tertiary/aromatic N) is 4. The lowest BCUT2D eigenvalue weighted by molar-refractivity contribution is -0.131. The molecule has 2 aliphatic rings. The zero-order valence-electron chi connectivity index (χ0n) is 20.2. The summed E-state index contributed by atoms with van der Waals surface area (Å²) in [7, 11) is 1.59. The third kappa shape index (κ3) is 4.14. The number of terminal acetylenes is 1. The summed E-state index contributed by atoms with van der Waals surface area (Å²) in [6, 6.07) is 4.21. The molecule has 0 saturated carbocycles. The first kappa shape index (κ1) is 24.6. The van der Waals surface area contributed by atoms with Crippen LogP contribution < -0.4 is 10.9 Å². The monoisotopic (exact) mass is 507 g/mol. The van der Waals surface area contributed by atoms with E-state index in [1.165, 1.54) is 23.0 Å². The smallest absolute Gasteiger partial charge is 0.266 e. The zero-order valence-corrected chi connectivity index (χ0v) is 20.2. The van der Waals surface area contributed by atoms with Gasteiger partial charge in [0.15, 0.2) is 0 Å². The number of halogens is 3. The molecule has 1 saturated heterocycles. The zero-order chi connectivity index (χ0) is 26.4. The topological polar surface area (TPSA) is 80.1 Å². The minimum absolute atomic E-state index is 0.0116. The highest BCUT2D eigenvalue weighted by atomic mass is 19.3. The predicted molar refractivity (Wildman–Crippen MR) is 133 cm³/mol. The van der Waals surface area contributed by atoms with E-state index < -0.39 is 23.8 Å². The van der Waals surface area contributed by atoms with Crippen LogP contribution in [0, 0.1) is 18.2 Å². The van der Waals surface area contributed by atoms with Gasteiger partial charge in [-0.25, -0.2) is 23.1 Å². The second-order valence-corrected chi connectivity index (χ2v) is 9.30. The summed E-state index contributed by atoms with van der Waals surface area (Å²) in [5.41, 5.74) is 0.516. The van der Waals surface area contributed by atoms with E-state index in [9.17, 15) is 22.8 Å². The molecule has 1 fully saturated rings. The highest BCUT2D eigenvalue weighted by Crippen LogP contribution is 2.38. The molecule has 10 heteroatoms. The van der Waals surface area contributed by atoms with Crippen molar-refractivity contribution in [2.75, 3.05) is 5.32 Å². The van der Waals surface area contributed by atoms with Crippen molar-refractivity contribution in [1.82, 2.24) is 19.4 Å². The second kappa shape index (κ2) is 9.39. The normalized spacial score (nSPS) is 19.6. The molecule has 2 bridgehead atoms. The Bertz CT molecular complexity index is 1540. The Morgan fingerprint density at radius 3 is 2.68 bits per heavy atom. The number of rotatable bonds is 5. The van der Waals surface area contributed by atoms with Crippen LogP contribution in [-0.4, -0.2) is 37.4 Å². The molecule has 5 rings (SSSR count). The van der Waals surface area contributed by atoms with Gasteiger partial charge in [0.2, 0.25) is 5.91 Å². The number of fused-ring (bicyclic) bond motifs is 3. The van der Waals surface area contributed by atoms with Crippen molar-refractivity contribution in [1.29, 1.82) is 0 Å². The Morgan fingerprint density at radius 2 is 2.00 bits per heavy atom. The Balaban J connectivity index is 1.59. The van der Waals surface area contributed by atoms with E-state index >= 15 is 0 Å². The van der Waals surface area contributed by atoms with Crippen LogP contribution in [0.2, 0.25) is 0 Å². The fraction of sp³-hybridized carbons (Fsp3) is 0.333. The van der Waals surface area contributed by atoms with Crippen LogP contribution in [0.4, 0.5) is 19.0 Å². The molecular formula is C27H24F3N5O2. The van der Waals surface area contributed by atoms with Gasteiger partial charge in [-0.05, 0) is 30.9 Å².